The third-order valence-electron chi connectivity index (χ3n) is 3.32. The molecule has 86 valence electrons. The highest BCUT2D eigenvalue weighted by Gasteiger charge is 2.34. The highest BCUT2D eigenvalue weighted by Crippen LogP contribution is 2.17. The molecule has 2 aliphatic rings. The lowest BCUT2D eigenvalue weighted by Crippen LogP contribution is -2.56. The van der Waals surface area contributed by atoms with Gasteiger partial charge in [0.1, 0.15) is 6.04 Å². The molecule has 4 nitrogen and oxygen atoms in total. The van der Waals surface area contributed by atoms with Crippen molar-refractivity contribution in [2.45, 2.75) is 32.4 Å². The summed E-state index contributed by atoms with van der Waals surface area (Å²) < 4.78 is 5.49. The number of nitrogens with one attached hydrogen (secondary N) is 1. The molecule has 0 aliphatic carbocycles. The van der Waals surface area contributed by atoms with Gasteiger partial charge in [-0.3, -0.25) is 4.79 Å². The Hall–Kier alpha value is -0.610. The van der Waals surface area contributed by atoms with Crippen LogP contribution in [-0.4, -0.2) is 49.2 Å². The van der Waals surface area contributed by atoms with Crippen molar-refractivity contribution in [1.82, 2.24) is 10.2 Å². The number of nitrogens with zero attached hydrogens (tertiary/aromatic N) is 1. The van der Waals surface area contributed by atoms with Gasteiger partial charge in [-0.1, -0.05) is 6.92 Å². The quantitative estimate of drug-likeness (QED) is 0.676. The predicted octanol–water partition coefficient (Wildman–Crippen LogP) is 0.232. The maximum atomic E-state index is 12.1. The van der Waals surface area contributed by atoms with E-state index in [0.717, 1.165) is 26.1 Å². The van der Waals surface area contributed by atoms with Gasteiger partial charge in [-0.15, -0.1) is 0 Å². The number of hydrogen-bond donors (Lipinski definition) is 1. The van der Waals surface area contributed by atoms with Crippen molar-refractivity contribution in [3.05, 3.63) is 0 Å². The molecule has 2 heterocycles. The number of carbonyl (C=O) groups excluding carboxylic acids is 1. The summed E-state index contributed by atoms with van der Waals surface area (Å²) in [5.74, 6) is 0.861. The second-order valence-corrected chi connectivity index (χ2v) is 4.69. The zero-order valence-electron chi connectivity index (χ0n) is 9.53. The number of carbonyl (C=O) groups is 1. The van der Waals surface area contributed by atoms with E-state index in [9.17, 15) is 4.79 Å². The van der Waals surface area contributed by atoms with E-state index in [0.29, 0.717) is 12.5 Å². The van der Waals surface area contributed by atoms with Crippen molar-refractivity contribution in [3.8, 4) is 0 Å². The van der Waals surface area contributed by atoms with Crippen LogP contribution in [0.3, 0.4) is 0 Å². The second-order valence-electron chi connectivity index (χ2n) is 4.69. The van der Waals surface area contributed by atoms with Gasteiger partial charge in [0, 0.05) is 19.6 Å². The summed E-state index contributed by atoms with van der Waals surface area (Å²) in [5, 5.41) is 3.24. The molecule has 0 radical (unpaired) electrons. The first-order valence-corrected chi connectivity index (χ1v) is 5.82. The molecule has 1 amide bonds. The van der Waals surface area contributed by atoms with Gasteiger partial charge in [0.05, 0.1) is 12.7 Å². The SMILES string of the molecule is CC1CCN(C(=O)[C@H]2NCCO[C@@H]2C)C1. The van der Waals surface area contributed by atoms with Crippen molar-refractivity contribution in [2.24, 2.45) is 5.92 Å². The van der Waals surface area contributed by atoms with E-state index in [1.807, 2.05) is 11.8 Å². The molecule has 2 rings (SSSR count). The van der Waals surface area contributed by atoms with E-state index in [1.165, 1.54) is 0 Å². The predicted molar refractivity (Wildman–Crippen MR) is 57.6 cm³/mol. The van der Waals surface area contributed by atoms with Gasteiger partial charge < -0.3 is 15.0 Å². The molecule has 1 N–H and O–H groups in total. The van der Waals surface area contributed by atoms with Crippen LogP contribution in [0, 0.1) is 5.92 Å². The van der Waals surface area contributed by atoms with E-state index >= 15 is 0 Å². The molecular formula is C11H20N2O2. The summed E-state index contributed by atoms with van der Waals surface area (Å²) in [6, 6.07) is -0.135. The Labute approximate surface area is 91.0 Å². The van der Waals surface area contributed by atoms with Gasteiger partial charge in [-0.05, 0) is 19.3 Å². The van der Waals surface area contributed by atoms with Gasteiger partial charge in [-0.25, -0.2) is 0 Å². The van der Waals surface area contributed by atoms with Crippen LogP contribution in [-0.2, 0) is 9.53 Å². The largest absolute Gasteiger partial charge is 0.375 e. The lowest BCUT2D eigenvalue weighted by atomic mass is 10.1. The minimum atomic E-state index is -0.135. The van der Waals surface area contributed by atoms with Crippen molar-refractivity contribution < 1.29 is 9.53 Å². The van der Waals surface area contributed by atoms with Crippen LogP contribution in [0.4, 0.5) is 0 Å². The molecule has 0 spiro atoms. The molecular weight excluding hydrogens is 192 g/mol. The molecule has 0 aromatic rings. The molecule has 0 saturated carbocycles. The van der Waals surface area contributed by atoms with Gasteiger partial charge in [0.15, 0.2) is 0 Å². The van der Waals surface area contributed by atoms with Crippen LogP contribution in [0.5, 0.6) is 0 Å². The standard InChI is InChI=1S/C11H20N2O2/c1-8-3-5-13(7-8)11(14)10-9(2)15-6-4-12-10/h8-10,12H,3-7H2,1-2H3/t8?,9-,10+/m1/s1. The number of likely N-dealkylation sites (tertiary alicyclic amines) is 1. The summed E-state index contributed by atoms with van der Waals surface area (Å²) in [6.07, 6.45) is 1.13. The molecule has 0 aromatic carbocycles. The lowest BCUT2D eigenvalue weighted by molar-refractivity contribution is -0.138. The van der Waals surface area contributed by atoms with Crippen LogP contribution in [0.2, 0.25) is 0 Å². The number of amides is 1. The smallest absolute Gasteiger partial charge is 0.242 e. The molecule has 2 aliphatic heterocycles. The van der Waals surface area contributed by atoms with Crippen LogP contribution >= 0.6 is 0 Å². The van der Waals surface area contributed by atoms with Crippen molar-refractivity contribution >= 4 is 5.91 Å². The number of morpholine rings is 1. The molecule has 1 unspecified atom stereocenters. The molecule has 0 aromatic heterocycles. The third kappa shape index (κ3) is 2.32. The van der Waals surface area contributed by atoms with Gasteiger partial charge in [0.2, 0.25) is 5.91 Å². The molecule has 4 heteroatoms. The topological polar surface area (TPSA) is 41.6 Å². The highest BCUT2D eigenvalue weighted by atomic mass is 16.5. The Morgan fingerprint density at radius 2 is 2.27 bits per heavy atom. The van der Waals surface area contributed by atoms with Gasteiger partial charge in [0.25, 0.3) is 0 Å². The van der Waals surface area contributed by atoms with Crippen molar-refractivity contribution in [1.29, 1.82) is 0 Å². The minimum absolute atomic E-state index is 0.00200. The maximum absolute atomic E-state index is 12.1. The number of hydrogen-bond acceptors (Lipinski definition) is 3. The fourth-order valence-electron chi connectivity index (χ4n) is 2.34. The summed E-state index contributed by atoms with van der Waals surface area (Å²) >= 11 is 0. The number of ether oxygens (including phenoxy) is 1. The van der Waals surface area contributed by atoms with Gasteiger partial charge >= 0.3 is 0 Å². The van der Waals surface area contributed by atoms with E-state index in [4.69, 9.17) is 4.74 Å². The van der Waals surface area contributed by atoms with Crippen LogP contribution in [0.15, 0.2) is 0 Å². The Balaban J connectivity index is 1.94. The number of rotatable bonds is 1. The molecule has 2 fully saturated rings. The Morgan fingerprint density at radius 3 is 2.87 bits per heavy atom. The van der Waals surface area contributed by atoms with Crippen LogP contribution in [0.1, 0.15) is 20.3 Å². The molecule has 2 saturated heterocycles. The fourth-order valence-corrected chi connectivity index (χ4v) is 2.34. The first-order valence-electron chi connectivity index (χ1n) is 5.82. The van der Waals surface area contributed by atoms with Gasteiger partial charge in [-0.2, -0.15) is 0 Å². The maximum Gasteiger partial charge on any atom is 0.242 e. The van der Waals surface area contributed by atoms with E-state index in [1.54, 1.807) is 0 Å². The first kappa shape index (κ1) is 10.9. The summed E-state index contributed by atoms with van der Waals surface area (Å²) in [6.45, 7) is 7.47. The molecule has 3 atom stereocenters. The van der Waals surface area contributed by atoms with Crippen molar-refractivity contribution in [3.63, 3.8) is 0 Å². The average molecular weight is 212 g/mol. The zero-order chi connectivity index (χ0) is 10.8. The van der Waals surface area contributed by atoms with E-state index < -0.39 is 0 Å². The second kappa shape index (κ2) is 4.49. The Bertz CT molecular complexity index is 245. The van der Waals surface area contributed by atoms with E-state index in [-0.39, 0.29) is 18.1 Å². The highest BCUT2D eigenvalue weighted by molar-refractivity contribution is 5.82. The Kier molecular flexibility index (Phi) is 3.26. The lowest BCUT2D eigenvalue weighted by Gasteiger charge is -2.32. The fraction of sp³-hybridized carbons (Fsp3) is 0.909. The zero-order valence-corrected chi connectivity index (χ0v) is 9.53. The molecule has 15 heavy (non-hydrogen) atoms. The third-order valence-corrected chi connectivity index (χ3v) is 3.32. The monoisotopic (exact) mass is 212 g/mol. The summed E-state index contributed by atoms with van der Waals surface area (Å²) in [5.41, 5.74) is 0. The van der Waals surface area contributed by atoms with Crippen LogP contribution < -0.4 is 5.32 Å². The van der Waals surface area contributed by atoms with Crippen molar-refractivity contribution in [2.75, 3.05) is 26.2 Å². The summed E-state index contributed by atoms with van der Waals surface area (Å²) in [4.78, 5) is 14.1. The first-order chi connectivity index (χ1) is 7.18. The van der Waals surface area contributed by atoms with E-state index in [2.05, 4.69) is 12.2 Å². The minimum Gasteiger partial charge on any atom is -0.375 e. The average Bonchev–Trinajstić information content (AvgIpc) is 2.65. The normalized spacial score (nSPS) is 36.9. The van der Waals surface area contributed by atoms with Crippen LogP contribution in [0.25, 0.3) is 0 Å². The summed E-state index contributed by atoms with van der Waals surface area (Å²) in [7, 11) is 0. The molecule has 0 bridgehead atoms. The Morgan fingerprint density at radius 1 is 1.47 bits per heavy atom.